The number of aliphatic hydroxyl groups excluding tert-OH is 1. The molecular weight excluding hydrogens is 451 g/mol. The van der Waals surface area contributed by atoms with Gasteiger partial charge in [0.15, 0.2) is 0 Å². The monoisotopic (exact) mass is 468 g/mol. The molecule has 6 nitrogen and oxygen atoms in total. The molecule has 2 aromatic carbocycles. The highest BCUT2D eigenvalue weighted by atomic mass is 35.5. The fourth-order valence-corrected chi connectivity index (χ4v) is 4.09. The van der Waals surface area contributed by atoms with Gasteiger partial charge in [0, 0.05) is 22.5 Å². The molecule has 1 amide bonds. The van der Waals surface area contributed by atoms with Crippen molar-refractivity contribution in [2.24, 2.45) is 0 Å². The van der Waals surface area contributed by atoms with Gasteiger partial charge in [-0.15, -0.1) is 0 Å². The van der Waals surface area contributed by atoms with E-state index in [4.69, 9.17) is 27.9 Å². The Morgan fingerprint density at radius 1 is 1.06 bits per heavy atom. The first-order chi connectivity index (χ1) is 15.3. The van der Waals surface area contributed by atoms with Crippen LogP contribution in [0.5, 0.6) is 5.75 Å². The standard InChI is InChI=1S/C24H18Cl2N2O4/c1-13-16(25)6-5-8-19(13)28-21(18-7-3-4-11-27-18)20(23(30)24(28)31)22(29)15-12-14(32-2)9-10-17(15)26/h3-12,21,29H,1-2H3/b22-20+. The minimum absolute atomic E-state index is 0.122. The Hall–Kier alpha value is -3.35. The molecule has 162 valence electrons. The van der Waals surface area contributed by atoms with Gasteiger partial charge in [-0.3, -0.25) is 19.5 Å². The van der Waals surface area contributed by atoms with Crippen molar-refractivity contribution in [2.75, 3.05) is 12.0 Å². The molecule has 1 fully saturated rings. The number of rotatable bonds is 4. The molecule has 1 unspecified atom stereocenters. The first kappa shape index (κ1) is 21.9. The predicted octanol–water partition coefficient (Wildman–Crippen LogP) is 5.33. The van der Waals surface area contributed by atoms with E-state index >= 15 is 0 Å². The van der Waals surface area contributed by atoms with Crippen LogP contribution in [0.15, 0.2) is 66.4 Å². The van der Waals surface area contributed by atoms with Crippen LogP contribution in [-0.4, -0.2) is 28.9 Å². The van der Waals surface area contributed by atoms with Gasteiger partial charge in [0.05, 0.1) is 23.4 Å². The molecule has 1 atom stereocenters. The number of ether oxygens (including phenoxy) is 1. The number of anilines is 1. The summed E-state index contributed by atoms with van der Waals surface area (Å²) in [6.45, 7) is 1.76. The molecule has 8 heteroatoms. The highest BCUT2D eigenvalue weighted by molar-refractivity contribution is 6.52. The number of aromatic nitrogens is 1. The molecule has 1 N–H and O–H groups in total. The molecular formula is C24H18Cl2N2O4. The minimum atomic E-state index is -0.976. The van der Waals surface area contributed by atoms with Crippen LogP contribution in [0.2, 0.25) is 10.0 Å². The third-order valence-electron chi connectivity index (χ3n) is 5.34. The molecule has 3 aromatic rings. The van der Waals surface area contributed by atoms with Gasteiger partial charge < -0.3 is 9.84 Å². The summed E-state index contributed by atoms with van der Waals surface area (Å²) in [5.41, 5.74) is 1.53. The number of methoxy groups -OCH3 is 1. The van der Waals surface area contributed by atoms with Crippen molar-refractivity contribution in [3.63, 3.8) is 0 Å². The Labute approximate surface area is 194 Å². The third-order valence-corrected chi connectivity index (χ3v) is 6.08. The second-order valence-electron chi connectivity index (χ2n) is 7.15. The molecule has 4 rings (SSSR count). The highest BCUT2D eigenvalue weighted by Crippen LogP contribution is 2.44. The lowest BCUT2D eigenvalue weighted by Gasteiger charge is -2.26. The number of pyridine rings is 1. The zero-order valence-electron chi connectivity index (χ0n) is 17.2. The average molecular weight is 469 g/mol. The van der Waals surface area contributed by atoms with Crippen molar-refractivity contribution in [1.29, 1.82) is 0 Å². The van der Waals surface area contributed by atoms with Gasteiger partial charge in [-0.2, -0.15) is 0 Å². The summed E-state index contributed by atoms with van der Waals surface area (Å²) in [6, 6.07) is 13.9. The van der Waals surface area contributed by atoms with E-state index in [1.165, 1.54) is 18.1 Å². The smallest absolute Gasteiger partial charge is 0.300 e. The number of carbonyl (C=O) groups is 2. The molecule has 1 aliphatic heterocycles. The van der Waals surface area contributed by atoms with Crippen LogP contribution in [0.1, 0.15) is 22.9 Å². The summed E-state index contributed by atoms with van der Waals surface area (Å²) in [7, 11) is 1.47. The van der Waals surface area contributed by atoms with Crippen molar-refractivity contribution < 1.29 is 19.4 Å². The maximum atomic E-state index is 13.2. The lowest BCUT2D eigenvalue weighted by molar-refractivity contribution is -0.132. The Morgan fingerprint density at radius 3 is 2.53 bits per heavy atom. The fraction of sp³-hybridized carbons (Fsp3) is 0.125. The van der Waals surface area contributed by atoms with E-state index in [2.05, 4.69) is 4.98 Å². The number of hydrogen-bond acceptors (Lipinski definition) is 5. The second kappa shape index (κ2) is 8.65. The van der Waals surface area contributed by atoms with Gasteiger partial charge in [-0.25, -0.2) is 0 Å². The van der Waals surface area contributed by atoms with E-state index in [0.717, 1.165) is 0 Å². The average Bonchev–Trinajstić information content (AvgIpc) is 3.06. The van der Waals surface area contributed by atoms with E-state index < -0.39 is 23.5 Å². The van der Waals surface area contributed by atoms with Crippen molar-refractivity contribution >= 4 is 46.3 Å². The van der Waals surface area contributed by atoms with Crippen LogP contribution in [-0.2, 0) is 9.59 Å². The first-order valence-electron chi connectivity index (χ1n) is 9.66. The summed E-state index contributed by atoms with van der Waals surface area (Å²) in [5, 5.41) is 11.9. The summed E-state index contributed by atoms with van der Waals surface area (Å²) in [6.07, 6.45) is 1.55. The Balaban J connectivity index is 2.00. The largest absolute Gasteiger partial charge is 0.507 e. The molecule has 32 heavy (non-hydrogen) atoms. The van der Waals surface area contributed by atoms with E-state index in [1.54, 1.807) is 61.7 Å². The number of aliphatic hydroxyl groups is 1. The molecule has 1 aliphatic rings. The number of Topliss-reactive ketones (excluding diaryl/α,β-unsaturated/α-hetero) is 1. The number of halogens is 2. The van der Waals surface area contributed by atoms with Crippen molar-refractivity contribution in [3.05, 3.63) is 93.2 Å². The second-order valence-corrected chi connectivity index (χ2v) is 7.97. The number of hydrogen-bond donors (Lipinski definition) is 1. The van der Waals surface area contributed by atoms with Gasteiger partial charge in [0.1, 0.15) is 17.6 Å². The molecule has 0 radical (unpaired) electrons. The van der Waals surface area contributed by atoms with E-state index in [0.29, 0.717) is 27.7 Å². The van der Waals surface area contributed by atoms with Crippen molar-refractivity contribution in [1.82, 2.24) is 4.98 Å². The number of ketones is 1. The van der Waals surface area contributed by atoms with Crippen LogP contribution >= 0.6 is 23.2 Å². The Morgan fingerprint density at radius 2 is 1.84 bits per heavy atom. The normalized spacial score (nSPS) is 17.6. The predicted molar refractivity (Wildman–Crippen MR) is 123 cm³/mol. The van der Waals surface area contributed by atoms with E-state index in [1.807, 2.05) is 0 Å². The molecule has 1 aromatic heterocycles. The van der Waals surface area contributed by atoms with Gasteiger partial charge in [0.25, 0.3) is 11.7 Å². The summed E-state index contributed by atoms with van der Waals surface area (Å²) in [4.78, 5) is 32.1. The Kier molecular flexibility index (Phi) is 5.91. The van der Waals surface area contributed by atoms with Crippen molar-refractivity contribution in [3.8, 4) is 5.75 Å². The Bertz CT molecular complexity index is 1260. The minimum Gasteiger partial charge on any atom is -0.507 e. The van der Waals surface area contributed by atoms with Crippen LogP contribution in [0.4, 0.5) is 5.69 Å². The van der Waals surface area contributed by atoms with Crippen LogP contribution < -0.4 is 9.64 Å². The maximum Gasteiger partial charge on any atom is 0.300 e. The molecule has 1 saturated heterocycles. The fourth-order valence-electron chi connectivity index (χ4n) is 3.71. The number of nitrogens with zero attached hydrogens (tertiary/aromatic N) is 2. The molecule has 0 saturated carbocycles. The van der Waals surface area contributed by atoms with Crippen molar-refractivity contribution in [2.45, 2.75) is 13.0 Å². The highest BCUT2D eigenvalue weighted by Gasteiger charge is 2.48. The quantitative estimate of drug-likeness (QED) is 0.317. The third kappa shape index (κ3) is 3.61. The molecule has 0 bridgehead atoms. The SMILES string of the molecule is COc1ccc(Cl)c(/C(O)=C2\C(=O)C(=O)N(c3cccc(Cl)c3C)C2c2ccccn2)c1. The van der Waals surface area contributed by atoms with Gasteiger partial charge in [-0.1, -0.05) is 35.3 Å². The maximum absolute atomic E-state index is 13.2. The van der Waals surface area contributed by atoms with E-state index in [9.17, 15) is 14.7 Å². The molecule has 0 aliphatic carbocycles. The summed E-state index contributed by atoms with van der Waals surface area (Å²) in [5.74, 6) is -1.63. The van der Waals surface area contributed by atoms with Crippen LogP contribution in [0.25, 0.3) is 5.76 Å². The zero-order valence-corrected chi connectivity index (χ0v) is 18.7. The lowest BCUT2D eigenvalue weighted by Crippen LogP contribution is -2.30. The number of benzene rings is 2. The number of amides is 1. The first-order valence-corrected chi connectivity index (χ1v) is 10.4. The number of carbonyl (C=O) groups excluding carboxylic acids is 2. The molecule has 0 spiro atoms. The zero-order chi connectivity index (χ0) is 23.0. The summed E-state index contributed by atoms with van der Waals surface area (Å²) >= 11 is 12.6. The molecule has 2 heterocycles. The van der Waals surface area contributed by atoms with Crippen LogP contribution in [0, 0.1) is 6.92 Å². The van der Waals surface area contributed by atoms with Gasteiger partial charge >= 0.3 is 0 Å². The summed E-state index contributed by atoms with van der Waals surface area (Å²) < 4.78 is 5.22. The van der Waals surface area contributed by atoms with Gasteiger partial charge in [0.2, 0.25) is 0 Å². The topological polar surface area (TPSA) is 79.7 Å². The van der Waals surface area contributed by atoms with Gasteiger partial charge in [-0.05, 0) is 55.0 Å². The lowest BCUT2D eigenvalue weighted by atomic mass is 9.97. The van der Waals surface area contributed by atoms with Crippen LogP contribution in [0.3, 0.4) is 0 Å². The van der Waals surface area contributed by atoms with E-state index in [-0.39, 0.29) is 16.2 Å².